The lowest BCUT2D eigenvalue weighted by Gasteiger charge is -2.07. The van der Waals surface area contributed by atoms with Crippen molar-refractivity contribution in [2.24, 2.45) is 0 Å². The van der Waals surface area contributed by atoms with Gasteiger partial charge in [-0.25, -0.2) is 9.59 Å². The maximum Gasteiger partial charge on any atom is 0.490 e. The van der Waals surface area contributed by atoms with Crippen LogP contribution in [0.4, 0.5) is 13.2 Å². The first-order chi connectivity index (χ1) is 8.27. The Bertz CT molecular complexity index is 294. The zero-order valence-electron chi connectivity index (χ0n) is 9.40. The lowest BCUT2D eigenvalue weighted by Crippen LogP contribution is -2.21. The number of rotatable bonds is 3. The number of carboxylic acids is 1. The molecule has 8 heteroatoms. The van der Waals surface area contributed by atoms with Crippen molar-refractivity contribution < 1.29 is 37.3 Å². The summed E-state index contributed by atoms with van der Waals surface area (Å²) >= 11 is 0. The van der Waals surface area contributed by atoms with E-state index in [0.29, 0.717) is 6.61 Å². The van der Waals surface area contributed by atoms with Gasteiger partial charge in [-0.15, -0.1) is 0 Å². The van der Waals surface area contributed by atoms with Gasteiger partial charge in [-0.2, -0.15) is 13.2 Å². The molecular formula is C10H13F3O5. The molecule has 1 rings (SSSR count). The van der Waals surface area contributed by atoms with E-state index in [1.165, 1.54) is 0 Å². The van der Waals surface area contributed by atoms with Crippen LogP contribution in [-0.4, -0.2) is 42.5 Å². The molecule has 0 spiro atoms. The average Bonchev–Trinajstić information content (AvgIpc) is 2.78. The Hall–Kier alpha value is -1.57. The zero-order chi connectivity index (χ0) is 14.2. The van der Waals surface area contributed by atoms with Crippen LogP contribution in [0.3, 0.4) is 0 Å². The molecule has 0 aromatic heterocycles. The second-order valence-corrected chi connectivity index (χ2v) is 3.27. The van der Waals surface area contributed by atoms with Gasteiger partial charge in [0.1, 0.15) is 6.61 Å². The van der Waals surface area contributed by atoms with E-state index in [1.807, 2.05) is 0 Å². The van der Waals surface area contributed by atoms with Crippen LogP contribution in [0.15, 0.2) is 12.7 Å². The molecular weight excluding hydrogens is 257 g/mol. The molecule has 1 fully saturated rings. The lowest BCUT2D eigenvalue weighted by molar-refractivity contribution is -0.192. The molecule has 0 aromatic rings. The van der Waals surface area contributed by atoms with Crippen molar-refractivity contribution in [1.82, 2.24) is 0 Å². The predicted molar refractivity (Wildman–Crippen MR) is 53.8 cm³/mol. The molecule has 1 heterocycles. The third-order valence-corrected chi connectivity index (χ3v) is 1.84. The molecule has 1 saturated heterocycles. The molecule has 1 aliphatic heterocycles. The first-order valence-electron chi connectivity index (χ1n) is 4.98. The Morgan fingerprint density at radius 2 is 2.06 bits per heavy atom. The van der Waals surface area contributed by atoms with Gasteiger partial charge in [0.25, 0.3) is 0 Å². The van der Waals surface area contributed by atoms with Gasteiger partial charge in [-0.3, -0.25) is 0 Å². The van der Waals surface area contributed by atoms with E-state index >= 15 is 0 Å². The molecule has 104 valence electrons. The van der Waals surface area contributed by atoms with Crippen LogP contribution in [0.2, 0.25) is 0 Å². The first-order valence-corrected chi connectivity index (χ1v) is 4.98. The van der Waals surface area contributed by atoms with Crippen molar-refractivity contribution >= 4 is 11.9 Å². The SMILES string of the molecule is C=CC(=O)OCC1CCCO1.O=C(O)C(F)(F)F. The highest BCUT2D eigenvalue weighted by molar-refractivity contribution is 5.81. The number of hydrogen-bond acceptors (Lipinski definition) is 4. The summed E-state index contributed by atoms with van der Waals surface area (Å²) < 4.78 is 41.8. The van der Waals surface area contributed by atoms with E-state index in [9.17, 15) is 18.0 Å². The number of aliphatic carboxylic acids is 1. The molecule has 0 saturated carbocycles. The Kier molecular flexibility index (Phi) is 7.03. The minimum absolute atomic E-state index is 0.110. The Balaban J connectivity index is 0.000000360. The number of carbonyl (C=O) groups is 2. The van der Waals surface area contributed by atoms with Gasteiger partial charge in [0, 0.05) is 12.7 Å². The molecule has 0 bridgehead atoms. The molecule has 1 unspecified atom stereocenters. The molecule has 0 aliphatic carbocycles. The van der Waals surface area contributed by atoms with Gasteiger partial charge < -0.3 is 14.6 Å². The van der Waals surface area contributed by atoms with Crippen LogP contribution in [0, 0.1) is 0 Å². The van der Waals surface area contributed by atoms with E-state index in [4.69, 9.17) is 19.4 Å². The second kappa shape index (κ2) is 7.70. The third kappa shape index (κ3) is 7.66. The number of alkyl halides is 3. The second-order valence-electron chi connectivity index (χ2n) is 3.27. The maximum atomic E-state index is 10.6. The van der Waals surface area contributed by atoms with Crippen LogP contribution in [0.25, 0.3) is 0 Å². The molecule has 1 atom stereocenters. The molecule has 18 heavy (non-hydrogen) atoms. The predicted octanol–water partition coefficient (Wildman–Crippen LogP) is 1.53. The quantitative estimate of drug-likeness (QED) is 0.622. The summed E-state index contributed by atoms with van der Waals surface area (Å²) in [6, 6.07) is 0. The van der Waals surface area contributed by atoms with Crippen LogP contribution >= 0.6 is 0 Å². The molecule has 1 aliphatic rings. The summed E-state index contributed by atoms with van der Waals surface area (Å²) in [4.78, 5) is 19.5. The zero-order valence-corrected chi connectivity index (χ0v) is 9.40. The summed E-state index contributed by atoms with van der Waals surface area (Å²) in [6.07, 6.45) is -1.76. The molecule has 0 aromatic carbocycles. The van der Waals surface area contributed by atoms with Crippen molar-refractivity contribution in [2.75, 3.05) is 13.2 Å². The average molecular weight is 270 g/mol. The van der Waals surface area contributed by atoms with Crippen molar-refractivity contribution in [2.45, 2.75) is 25.1 Å². The number of halogens is 3. The number of carbonyl (C=O) groups excluding carboxylic acids is 1. The fourth-order valence-corrected chi connectivity index (χ4v) is 1.01. The standard InChI is InChI=1S/C8H12O3.C2HF3O2/c1-2-8(9)11-6-7-4-3-5-10-7;3-2(4,5)1(6)7/h2,7H,1,3-6H2;(H,6,7). The van der Waals surface area contributed by atoms with E-state index in [0.717, 1.165) is 25.5 Å². The molecule has 0 amide bonds. The molecule has 5 nitrogen and oxygen atoms in total. The Morgan fingerprint density at radius 3 is 2.39 bits per heavy atom. The highest BCUT2D eigenvalue weighted by Gasteiger charge is 2.38. The van der Waals surface area contributed by atoms with Crippen molar-refractivity contribution in [3.63, 3.8) is 0 Å². The number of carboxylic acid groups (broad SMARTS) is 1. The van der Waals surface area contributed by atoms with Crippen molar-refractivity contribution in [1.29, 1.82) is 0 Å². The van der Waals surface area contributed by atoms with E-state index in [1.54, 1.807) is 0 Å². The summed E-state index contributed by atoms with van der Waals surface area (Å²) in [5.41, 5.74) is 0. The fraction of sp³-hybridized carbons (Fsp3) is 0.600. The minimum atomic E-state index is -5.08. The largest absolute Gasteiger partial charge is 0.490 e. The summed E-state index contributed by atoms with van der Waals surface area (Å²) in [5, 5.41) is 7.12. The normalized spacial score (nSPS) is 18.5. The maximum absolute atomic E-state index is 10.6. The Labute approximate surface area is 101 Å². The van der Waals surface area contributed by atoms with Gasteiger partial charge in [-0.1, -0.05) is 6.58 Å². The summed E-state index contributed by atoms with van der Waals surface area (Å²) in [6.45, 7) is 4.44. The van der Waals surface area contributed by atoms with Gasteiger partial charge in [-0.05, 0) is 12.8 Å². The highest BCUT2D eigenvalue weighted by atomic mass is 19.4. The fourth-order valence-electron chi connectivity index (χ4n) is 1.01. The molecule has 1 N–H and O–H groups in total. The van der Waals surface area contributed by atoms with Crippen LogP contribution in [0.1, 0.15) is 12.8 Å². The smallest absolute Gasteiger partial charge is 0.475 e. The summed E-state index contributed by atoms with van der Waals surface area (Å²) in [7, 11) is 0. The highest BCUT2D eigenvalue weighted by Crippen LogP contribution is 2.13. The van der Waals surface area contributed by atoms with Crippen LogP contribution < -0.4 is 0 Å². The topological polar surface area (TPSA) is 72.8 Å². The van der Waals surface area contributed by atoms with E-state index < -0.39 is 12.1 Å². The van der Waals surface area contributed by atoms with E-state index in [2.05, 4.69) is 6.58 Å². The third-order valence-electron chi connectivity index (χ3n) is 1.84. The monoisotopic (exact) mass is 270 g/mol. The van der Waals surface area contributed by atoms with E-state index in [-0.39, 0.29) is 12.1 Å². The van der Waals surface area contributed by atoms with Gasteiger partial charge in [0.05, 0.1) is 6.10 Å². The minimum Gasteiger partial charge on any atom is -0.475 e. The van der Waals surface area contributed by atoms with Gasteiger partial charge in [0.15, 0.2) is 0 Å². The van der Waals surface area contributed by atoms with Crippen LogP contribution in [0.5, 0.6) is 0 Å². The molecule has 0 radical (unpaired) electrons. The Morgan fingerprint density at radius 1 is 1.50 bits per heavy atom. The van der Waals surface area contributed by atoms with Crippen molar-refractivity contribution in [3.05, 3.63) is 12.7 Å². The number of hydrogen-bond donors (Lipinski definition) is 1. The van der Waals surface area contributed by atoms with Gasteiger partial charge in [0.2, 0.25) is 0 Å². The summed E-state index contributed by atoms with van der Waals surface area (Å²) in [5.74, 6) is -3.13. The lowest BCUT2D eigenvalue weighted by atomic mass is 10.2. The first kappa shape index (κ1) is 16.4. The number of ether oxygens (including phenoxy) is 2. The van der Waals surface area contributed by atoms with Crippen LogP contribution in [-0.2, 0) is 19.1 Å². The van der Waals surface area contributed by atoms with Gasteiger partial charge >= 0.3 is 18.1 Å². The number of esters is 1. The van der Waals surface area contributed by atoms with Crippen molar-refractivity contribution in [3.8, 4) is 0 Å².